The van der Waals surface area contributed by atoms with Gasteiger partial charge in [-0.3, -0.25) is 0 Å². The summed E-state index contributed by atoms with van der Waals surface area (Å²) < 4.78 is 13.2. The third-order valence-electron chi connectivity index (χ3n) is 1.66. The van der Waals surface area contributed by atoms with Gasteiger partial charge in [-0.1, -0.05) is 25.4 Å². The first-order valence-corrected chi connectivity index (χ1v) is 4.86. The number of halogens is 1. The van der Waals surface area contributed by atoms with E-state index >= 15 is 0 Å². The van der Waals surface area contributed by atoms with E-state index in [0.717, 1.165) is 11.7 Å². The summed E-state index contributed by atoms with van der Waals surface area (Å²) in [6.45, 7) is 6.15. The van der Waals surface area contributed by atoms with E-state index in [9.17, 15) is 0 Å². The van der Waals surface area contributed by atoms with Gasteiger partial charge in [-0.25, -0.2) is 0 Å². The van der Waals surface area contributed by atoms with Crippen LogP contribution in [0.25, 0.3) is 0 Å². The first-order chi connectivity index (χ1) is 5.61. The van der Waals surface area contributed by atoms with Crippen LogP contribution < -0.4 is 4.74 Å². The quantitative estimate of drug-likeness (QED) is 0.763. The molecule has 0 fully saturated rings. The fourth-order valence-corrected chi connectivity index (χ4v) is 1.18. The first-order valence-electron chi connectivity index (χ1n) is 3.76. The van der Waals surface area contributed by atoms with Crippen LogP contribution in [0.3, 0.4) is 0 Å². The average molecular weight is 207 g/mol. The number of nitrogens with zero attached hydrogens (tertiary/aromatic N) is 2. The van der Waals surface area contributed by atoms with E-state index in [1.54, 1.807) is 0 Å². The Morgan fingerprint density at radius 1 is 1.33 bits per heavy atom. The molecule has 3 nitrogen and oxygen atoms in total. The predicted molar refractivity (Wildman–Crippen MR) is 49.8 cm³/mol. The van der Waals surface area contributed by atoms with Gasteiger partial charge in [-0.15, -0.1) is 4.37 Å². The molecular formula is C7H11ClN2OS. The number of rotatable bonds is 3. The van der Waals surface area contributed by atoms with Gasteiger partial charge in [0.25, 0.3) is 5.88 Å². The minimum atomic E-state index is 0.117. The lowest BCUT2D eigenvalue weighted by Gasteiger charge is -2.15. The molecule has 68 valence electrons. The standard InChI is InChI=1S/C7H11ClN2OS/c1-4(2)5(3)11-7-6(8)9-12-10-7/h4-5H,1-3H3. The summed E-state index contributed by atoms with van der Waals surface area (Å²) in [6, 6.07) is 0. The van der Waals surface area contributed by atoms with Crippen LogP contribution in [0.1, 0.15) is 20.8 Å². The van der Waals surface area contributed by atoms with Crippen molar-refractivity contribution in [1.29, 1.82) is 0 Å². The summed E-state index contributed by atoms with van der Waals surface area (Å²) >= 11 is 6.76. The first kappa shape index (κ1) is 9.74. The van der Waals surface area contributed by atoms with Crippen molar-refractivity contribution in [2.24, 2.45) is 5.92 Å². The molecular weight excluding hydrogens is 196 g/mol. The highest BCUT2D eigenvalue weighted by molar-refractivity contribution is 6.99. The van der Waals surface area contributed by atoms with E-state index in [1.165, 1.54) is 0 Å². The zero-order valence-corrected chi connectivity index (χ0v) is 8.82. The zero-order valence-electron chi connectivity index (χ0n) is 7.24. The lowest BCUT2D eigenvalue weighted by molar-refractivity contribution is 0.165. The summed E-state index contributed by atoms with van der Waals surface area (Å²) in [5.41, 5.74) is 0. The average Bonchev–Trinajstić information content (AvgIpc) is 2.36. The summed E-state index contributed by atoms with van der Waals surface area (Å²) in [6.07, 6.45) is 0.117. The molecule has 1 rings (SSSR count). The summed E-state index contributed by atoms with van der Waals surface area (Å²) in [4.78, 5) is 0. The maximum Gasteiger partial charge on any atom is 0.265 e. The van der Waals surface area contributed by atoms with Crippen molar-refractivity contribution < 1.29 is 4.74 Å². The minimum Gasteiger partial charge on any atom is -0.472 e. The van der Waals surface area contributed by atoms with E-state index in [1.807, 2.05) is 6.92 Å². The van der Waals surface area contributed by atoms with Gasteiger partial charge in [-0.05, 0) is 12.8 Å². The van der Waals surface area contributed by atoms with Crippen molar-refractivity contribution in [3.05, 3.63) is 5.15 Å². The van der Waals surface area contributed by atoms with Crippen molar-refractivity contribution in [3.63, 3.8) is 0 Å². The Morgan fingerprint density at radius 3 is 2.42 bits per heavy atom. The molecule has 1 aromatic heterocycles. The molecule has 0 aliphatic heterocycles. The van der Waals surface area contributed by atoms with Crippen molar-refractivity contribution >= 4 is 23.3 Å². The van der Waals surface area contributed by atoms with Crippen LogP contribution in [-0.2, 0) is 0 Å². The van der Waals surface area contributed by atoms with Crippen LogP contribution in [0.5, 0.6) is 5.88 Å². The maximum atomic E-state index is 5.70. The molecule has 12 heavy (non-hydrogen) atoms. The highest BCUT2D eigenvalue weighted by Crippen LogP contribution is 2.22. The van der Waals surface area contributed by atoms with E-state index in [4.69, 9.17) is 16.3 Å². The molecule has 0 aromatic carbocycles. The SMILES string of the molecule is CC(C)C(C)Oc1nsnc1Cl. The van der Waals surface area contributed by atoms with Gasteiger partial charge in [0, 0.05) is 0 Å². The molecule has 0 bridgehead atoms. The van der Waals surface area contributed by atoms with E-state index in [-0.39, 0.29) is 6.10 Å². The highest BCUT2D eigenvalue weighted by atomic mass is 35.5. The van der Waals surface area contributed by atoms with Gasteiger partial charge < -0.3 is 4.74 Å². The third kappa shape index (κ3) is 2.32. The summed E-state index contributed by atoms with van der Waals surface area (Å²) in [5.74, 6) is 0.894. The number of hydrogen-bond donors (Lipinski definition) is 0. The Bertz CT molecular complexity index is 251. The van der Waals surface area contributed by atoms with E-state index in [0.29, 0.717) is 17.0 Å². The molecule has 0 radical (unpaired) electrons. The smallest absolute Gasteiger partial charge is 0.265 e. The van der Waals surface area contributed by atoms with Crippen LogP contribution in [0.15, 0.2) is 0 Å². The Morgan fingerprint density at radius 2 is 2.00 bits per heavy atom. The van der Waals surface area contributed by atoms with Gasteiger partial charge in [0.1, 0.15) is 6.10 Å². The molecule has 0 spiro atoms. The number of hydrogen-bond acceptors (Lipinski definition) is 4. The third-order valence-corrected chi connectivity index (χ3v) is 2.52. The molecule has 0 saturated carbocycles. The lowest BCUT2D eigenvalue weighted by Crippen LogP contribution is -2.18. The van der Waals surface area contributed by atoms with Crippen LogP contribution in [0, 0.1) is 5.92 Å². The normalized spacial score (nSPS) is 13.4. The van der Waals surface area contributed by atoms with E-state index < -0.39 is 0 Å². The predicted octanol–water partition coefficient (Wildman–Crippen LogP) is 2.61. The molecule has 0 N–H and O–H groups in total. The number of aromatic nitrogens is 2. The minimum absolute atomic E-state index is 0.117. The zero-order chi connectivity index (χ0) is 9.14. The van der Waals surface area contributed by atoms with Gasteiger partial charge in [-0.2, -0.15) is 4.37 Å². The molecule has 1 unspecified atom stereocenters. The molecule has 0 aliphatic carbocycles. The van der Waals surface area contributed by atoms with Gasteiger partial charge >= 0.3 is 0 Å². The summed E-state index contributed by atoms with van der Waals surface area (Å²) in [5, 5.41) is 0.354. The second-order valence-corrected chi connectivity index (χ2v) is 3.81. The van der Waals surface area contributed by atoms with Crippen molar-refractivity contribution in [3.8, 4) is 5.88 Å². The Kier molecular flexibility index (Phi) is 3.29. The topological polar surface area (TPSA) is 35.0 Å². The van der Waals surface area contributed by atoms with Crippen molar-refractivity contribution in [2.45, 2.75) is 26.9 Å². The van der Waals surface area contributed by atoms with Gasteiger partial charge in [0.05, 0.1) is 11.7 Å². The fourth-order valence-electron chi connectivity index (χ4n) is 0.552. The second kappa shape index (κ2) is 4.05. The lowest BCUT2D eigenvalue weighted by atomic mass is 10.1. The van der Waals surface area contributed by atoms with Gasteiger partial charge in [0.2, 0.25) is 5.15 Å². The maximum absolute atomic E-state index is 5.70. The van der Waals surface area contributed by atoms with Crippen LogP contribution in [-0.4, -0.2) is 14.9 Å². The molecule has 0 amide bonds. The van der Waals surface area contributed by atoms with E-state index in [2.05, 4.69) is 22.6 Å². The Balaban J connectivity index is 2.58. The Labute approximate surface area is 81.0 Å². The molecule has 0 saturated heterocycles. The van der Waals surface area contributed by atoms with Crippen LogP contribution in [0.2, 0.25) is 5.15 Å². The highest BCUT2D eigenvalue weighted by Gasteiger charge is 2.13. The Hall–Kier alpha value is -0.350. The molecule has 1 heterocycles. The largest absolute Gasteiger partial charge is 0.472 e. The van der Waals surface area contributed by atoms with Gasteiger partial charge in [0.15, 0.2) is 0 Å². The molecule has 0 aliphatic rings. The van der Waals surface area contributed by atoms with Crippen molar-refractivity contribution in [2.75, 3.05) is 0 Å². The fraction of sp³-hybridized carbons (Fsp3) is 0.714. The molecule has 1 atom stereocenters. The van der Waals surface area contributed by atoms with Crippen molar-refractivity contribution in [1.82, 2.24) is 8.75 Å². The van der Waals surface area contributed by atoms with Crippen LogP contribution >= 0.6 is 23.3 Å². The van der Waals surface area contributed by atoms with Crippen LogP contribution in [0.4, 0.5) is 0 Å². The molecule has 5 heteroatoms. The monoisotopic (exact) mass is 206 g/mol. The summed E-state index contributed by atoms with van der Waals surface area (Å²) in [7, 11) is 0. The number of ether oxygens (including phenoxy) is 1. The molecule has 1 aromatic rings. The second-order valence-electron chi connectivity index (χ2n) is 2.93.